The third-order valence-corrected chi connectivity index (χ3v) is 4.23. The lowest BCUT2D eigenvalue weighted by Crippen LogP contribution is -2.63. The Morgan fingerprint density at radius 1 is 1.15 bits per heavy atom. The van der Waals surface area contributed by atoms with Crippen LogP contribution in [0.1, 0.15) is 50.9 Å². The fourth-order valence-corrected chi connectivity index (χ4v) is 3.62. The highest BCUT2D eigenvalue weighted by Crippen LogP contribution is 2.39. The first-order chi connectivity index (χ1) is 9.13. The zero-order chi connectivity index (χ0) is 15.1. The average molecular weight is 296 g/mol. The number of halogens is 1. The fraction of sp³-hybridized carbons (Fsp3) is 0.562. The maximum atomic E-state index is 12.9. The lowest BCUT2D eigenvalue weighted by molar-refractivity contribution is -0.0591. The third kappa shape index (κ3) is 2.84. The molecule has 1 saturated heterocycles. The van der Waals surface area contributed by atoms with Crippen molar-refractivity contribution >= 4 is 17.5 Å². The number of piperidine rings is 1. The molecule has 1 aliphatic heterocycles. The summed E-state index contributed by atoms with van der Waals surface area (Å²) in [6.07, 6.45) is 0.820. The van der Waals surface area contributed by atoms with Gasteiger partial charge in [0.25, 0.3) is 5.91 Å². The van der Waals surface area contributed by atoms with Crippen LogP contribution in [0.5, 0.6) is 0 Å². The topological polar surface area (TPSA) is 40.5 Å². The van der Waals surface area contributed by atoms with Crippen molar-refractivity contribution in [1.82, 2.24) is 4.90 Å². The normalized spacial score (nSPS) is 21.8. The summed E-state index contributed by atoms with van der Waals surface area (Å²) in [5, 5.41) is 10.7. The summed E-state index contributed by atoms with van der Waals surface area (Å²) < 4.78 is 0. The standard InChI is InChI=1S/C16H22ClNO2/c1-15(2)9-13(19)10-16(3,4)18(15)14(20)11-5-7-12(17)8-6-11/h5-8,13,19H,9-10H2,1-4H3. The Bertz CT molecular complexity index is 490. The maximum Gasteiger partial charge on any atom is 0.254 e. The minimum absolute atomic E-state index is 0.0106. The maximum absolute atomic E-state index is 12.9. The van der Waals surface area contributed by atoms with E-state index in [-0.39, 0.29) is 23.1 Å². The average Bonchev–Trinajstić information content (AvgIpc) is 2.25. The van der Waals surface area contributed by atoms with E-state index in [9.17, 15) is 9.90 Å². The minimum Gasteiger partial charge on any atom is -0.393 e. The summed E-state index contributed by atoms with van der Waals surface area (Å²) in [7, 11) is 0. The van der Waals surface area contributed by atoms with Crippen molar-refractivity contribution in [2.75, 3.05) is 0 Å². The molecule has 0 aromatic heterocycles. The van der Waals surface area contributed by atoms with Crippen molar-refractivity contribution in [2.45, 2.75) is 57.7 Å². The van der Waals surface area contributed by atoms with Gasteiger partial charge in [0.05, 0.1) is 6.10 Å². The SMILES string of the molecule is CC1(C)CC(O)CC(C)(C)N1C(=O)c1ccc(Cl)cc1. The van der Waals surface area contributed by atoms with Crippen molar-refractivity contribution in [3.63, 3.8) is 0 Å². The monoisotopic (exact) mass is 295 g/mol. The summed E-state index contributed by atoms with van der Waals surface area (Å²) in [5.41, 5.74) is -0.123. The zero-order valence-corrected chi connectivity index (χ0v) is 13.2. The molecular formula is C16H22ClNO2. The lowest BCUT2D eigenvalue weighted by Gasteiger charge is -2.54. The highest BCUT2D eigenvalue weighted by Gasteiger charge is 2.47. The van der Waals surface area contributed by atoms with Gasteiger partial charge < -0.3 is 10.0 Å². The summed E-state index contributed by atoms with van der Waals surface area (Å²) in [5.74, 6) is -0.0106. The number of likely N-dealkylation sites (tertiary alicyclic amines) is 1. The molecule has 4 heteroatoms. The van der Waals surface area contributed by atoms with E-state index < -0.39 is 0 Å². The highest BCUT2D eigenvalue weighted by molar-refractivity contribution is 6.30. The van der Waals surface area contributed by atoms with E-state index in [0.29, 0.717) is 23.4 Å². The van der Waals surface area contributed by atoms with Gasteiger partial charge in [0.1, 0.15) is 0 Å². The summed E-state index contributed by atoms with van der Waals surface area (Å²) >= 11 is 5.88. The molecule has 1 amide bonds. The second-order valence-corrected chi connectivity index (χ2v) is 7.27. The second-order valence-electron chi connectivity index (χ2n) is 6.83. The summed E-state index contributed by atoms with van der Waals surface area (Å²) in [6.45, 7) is 8.02. The lowest BCUT2D eigenvalue weighted by atomic mass is 9.77. The van der Waals surface area contributed by atoms with Crippen molar-refractivity contribution < 1.29 is 9.90 Å². The van der Waals surface area contributed by atoms with Gasteiger partial charge in [-0.1, -0.05) is 11.6 Å². The van der Waals surface area contributed by atoms with E-state index in [1.807, 2.05) is 32.6 Å². The summed E-state index contributed by atoms with van der Waals surface area (Å²) in [6, 6.07) is 6.96. The zero-order valence-electron chi connectivity index (χ0n) is 12.5. The fourth-order valence-electron chi connectivity index (χ4n) is 3.50. The van der Waals surface area contributed by atoms with Crippen LogP contribution in [0.15, 0.2) is 24.3 Å². The van der Waals surface area contributed by atoms with Crippen molar-refractivity contribution in [3.05, 3.63) is 34.9 Å². The molecule has 0 spiro atoms. The van der Waals surface area contributed by atoms with Gasteiger partial charge in [-0.25, -0.2) is 0 Å². The molecule has 0 bridgehead atoms. The van der Waals surface area contributed by atoms with Crippen LogP contribution >= 0.6 is 11.6 Å². The van der Waals surface area contributed by atoms with Crippen LogP contribution in [0.25, 0.3) is 0 Å². The second kappa shape index (κ2) is 5.05. The van der Waals surface area contributed by atoms with Gasteiger partial charge in [-0.15, -0.1) is 0 Å². The predicted molar refractivity (Wildman–Crippen MR) is 81.0 cm³/mol. The molecule has 1 heterocycles. The number of benzene rings is 1. The number of rotatable bonds is 1. The van der Waals surface area contributed by atoms with Crippen molar-refractivity contribution in [1.29, 1.82) is 0 Å². The molecule has 1 aromatic rings. The molecule has 0 unspecified atom stereocenters. The molecule has 3 nitrogen and oxygen atoms in total. The smallest absolute Gasteiger partial charge is 0.254 e. The Balaban J connectivity index is 2.37. The van der Waals surface area contributed by atoms with Gasteiger partial charge in [0, 0.05) is 21.7 Å². The molecule has 0 radical (unpaired) electrons. The predicted octanol–water partition coefficient (Wildman–Crippen LogP) is 3.49. The van der Waals surface area contributed by atoms with E-state index in [0.717, 1.165) is 0 Å². The van der Waals surface area contributed by atoms with Gasteiger partial charge >= 0.3 is 0 Å². The van der Waals surface area contributed by atoms with Gasteiger partial charge in [-0.2, -0.15) is 0 Å². The van der Waals surface area contributed by atoms with Crippen LogP contribution in [-0.4, -0.2) is 33.1 Å². The molecule has 110 valence electrons. The van der Waals surface area contributed by atoms with Gasteiger partial charge in [-0.05, 0) is 64.8 Å². The quantitative estimate of drug-likeness (QED) is 0.861. The number of carbonyl (C=O) groups is 1. The van der Waals surface area contributed by atoms with Crippen LogP contribution in [0.2, 0.25) is 5.02 Å². The first-order valence-corrected chi connectivity index (χ1v) is 7.30. The Kier molecular flexibility index (Phi) is 3.87. The van der Waals surface area contributed by atoms with Crippen molar-refractivity contribution in [3.8, 4) is 0 Å². The van der Waals surface area contributed by atoms with Gasteiger partial charge in [0.15, 0.2) is 0 Å². The van der Waals surface area contributed by atoms with E-state index in [1.165, 1.54) is 0 Å². The largest absolute Gasteiger partial charge is 0.393 e. The molecule has 0 saturated carbocycles. The molecule has 1 N–H and O–H groups in total. The first-order valence-electron chi connectivity index (χ1n) is 6.92. The number of carbonyl (C=O) groups excluding carboxylic acids is 1. The molecular weight excluding hydrogens is 274 g/mol. The van der Waals surface area contributed by atoms with E-state index in [2.05, 4.69) is 0 Å². The number of aliphatic hydroxyl groups is 1. The molecule has 0 atom stereocenters. The number of nitrogens with zero attached hydrogens (tertiary/aromatic N) is 1. The Morgan fingerprint density at radius 3 is 2.05 bits per heavy atom. The Morgan fingerprint density at radius 2 is 1.60 bits per heavy atom. The van der Waals surface area contributed by atoms with Crippen LogP contribution in [0.4, 0.5) is 0 Å². The Labute approximate surface area is 125 Å². The van der Waals surface area contributed by atoms with E-state index >= 15 is 0 Å². The Hall–Kier alpha value is -1.06. The molecule has 1 aromatic carbocycles. The van der Waals surface area contributed by atoms with E-state index in [4.69, 9.17) is 11.6 Å². The van der Waals surface area contributed by atoms with Crippen LogP contribution < -0.4 is 0 Å². The van der Waals surface area contributed by atoms with Gasteiger partial charge in [-0.3, -0.25) is 4.79 Å². The molecule has 1 aliphatic rings. The van der Waals surface area contributed by atoms with Crippen molar-refractivity contribution in [2.24, 2.45) is 0 Å². The van der Waals surface area contributed by atoms with Crippen LogP contribution in [-0.2, 0) is 0 Å². The molecule has 20 heavy (non-hydrogen) atoms. The molecule has 0 aliphatic carbocycles. The number of amides is 1. The molecule has 2 rings (SSSR count). The van der Waals surface area contributed by atoms with E-state index in [1.54, 1.807) is 24.3 Å². The first kappa shape index (κ1) is 15.3. The summed E-state index contributed by atoms with van der Waals surface area (Å²) in [4.78, 5) is 14.7. The number of hydrogen-bond acceptors (Lipinski definition) is 2. The number of hydrogen-bond donors (Lipinski definition) is 1. The highest BCUT2D eigenvalue weighted by atomic mass is 35.5. The van der Waals surface area contributed by atoms with Crippen LogP contribution in [0.3, 0.4) is 0 Å². The third-order valence-electron chi connectivity index (χ3n) is 3.98. The van der Waals surface area contributed by atoms with Gasteiger partial charge in [0.2, 0.25) is 0 Å². The molecule has 1 fully saturated rings. The van der Waals surface area contributed by atoms with Crippen LogP contribution in [0, 0.1) is 0 Å². The number of aliphatic hydroxyl groups excluding tert-OH is 1. The minimum atomic E-state index is -0.377.